The van der Waals surface area contributed by atoms with Gasteiger partial charge in [-0.15, -0.1) is 0 Å². The molecule has 0 fully saturated rings. The van der Waals surface area contributed by atoms with Crippen molar-refractivity contribution in [1.82, 2.24) is 9.97 Å². The van der Waals surface area contributed by atoms with E-state index in [1.807, 2.05) is 6.07 Å². The monoisotopic (exact) mass is 501 g/mol. The SMILES string of the molecule is N#Cc1cnc2cnc(NCc3c(Cl)cccc3Cl)cc2c1NCc1c(Cl)cccc1Cl. The molecule has 0 aliphatic heterocycles. The highest BCUT2D eigenvalue weighted by Crippen LogP contribution is 2.31. The molecule has 0 amide bonds. The van der Waals surface area contributed by atoms with Gasteiger partial charge in [-0.25, -0.2) is 4.98 Å². The molecule has 2 aromatic carbocycles. The minimum atomic E-state index is 0.340. The Balaban J connectivity index is 1.66. The highest BCUT2D eigenvalue weighted by atomic mass is 35.5. The number of nitriles is 1. The van der Waals surface area contributed by atoms with Gasteiger partial charge < -0.3 is 10.6 Å². The molecule has 2 heterocycles. The molecule has 0 spiro atoms. The van der Waals surface area contributed by atoms with E-state index < -0.39 is 0 Å². The van der Waals surface area contributed by atoms with Crippen LogP contribution in [0.5, 0.6) is 0 Å². The minimum absolute atomic E-state index is 0.340. The first-order valence-corrected chi connectivity index (χ1v) is 11.0. The van der Waals surface area contributed by atoms with Gasteiger partial charge in [-0.1, -0.05) is 58.5 Å². The van der Waals surface area contributed by atoms with Crippen molar-refractivity contribution in [3.63, 3.8) is 0 Å². The van der Waals surface area contributed by atoms with Crippen molar-refractivity contribution in [2.75, 3.05) is 10.6 Å². The highest BCUT2D eigenvalue weighted by Gasteiger charge is 2.13. The van der Waals surface area contributed by atoms with E-state index in [1.54, 1.807) is 42.6 Å². The summed E-state index contributed by atoms with van der Waals surface area (Å²) in [6.07, 6.45) is 3.15. The van der Waals surface area contributed by atoms with Crippen LogP contribution >= 0.6 is 46.4 Å². The van der Waals surface area contributed by atoms with E-state index in [1.165, 1.54) is 6.20 Å². The first-order valence-electron chi connectivity index (χ1n) is 9.50. The van der Waals surface area contributed by atoms with Crippen molar-refractivity contribution in [1.29, 1.82) is 5.26 Å². The molecule has 0 atom stereocenters. The third kappa shape index (κ3) is 4.69. The third-order valence-electron chi connectivity index (χ3n) is 4.89. The molecule has 5 nitrogen and oxygen atoms in total. The molecule has 0 bridgehead atoms. The molecule has 2 N–H and O–H groups in total. The van der Waals surface area contributed by atoms with Crippen molar-refractivity contribution in [3.05, 3.63) is 91.6 Å². The Morgan fingerprint density at radius 2 is 1.34 bits per heavy atom. The van der Waals surface area contributed by atoms with Crippen molar-refractivity contribution in [2.24, 2.45) is 0 Å². The maximum Gasteiger partial charge on any atom is 0.126 e. The van der Waals surface area contributed by atoms with Gasteiger partial charge in [-0.05, 0) is 30.3 Å². The first kappa shape index (κ1) is 22.4. The number of aromatic nitrogens is 2. The predicted molar refractivity (Wildman–Crippen MR) is 132 cm³/mol. The molecule has 4 aromatic rings. The molecule has 0 radical (unpaired) electrons. The van der Waals surface area contributed by atoms with Crippen molar-refractivity contribution in [2.45, 2.75) is 13.1 Å². The smallest absolute Gasteiger partial charge is 0.126 e. The number of hydrogen-bond donors (Lipinski definition) is 2. The van der Waals surface area contributed by atoms with E-state index in [4.69, 9.17) is 46.4 Å². The number of nitrogens with one attached hydrogen (secondary N) is 2. The molecule has 0 aliphatic carbocycles. The summed E-state index contributed by atoms with van der Waals surface area (Å²) in [5.74, 6) is 0.587. The summed E-state index contributed by atoms with van der Waals surface area (Å²) in [5.41, 5.74) is 3.17. The summed E-state index contributed by atoms with van der Waals surface area (Å²) >= 11 is 25.1. The third-order valence-corrected chi connectivity index (χ3v) is 6.30. The maximum atomic E-state index is 9.62. The average Bonchev–Trinajstić information content (AvgIpc) is 2.78. The Hall–Kier alpha value is -2.75. The molecule has 0 saturated carbocycles. The molecule has 32 heavy (non-hydrogen) atoms. The minimum Gasteiger partial charge on any atom is -0.379 e. The molecule has 0 unspecified atom stereocenters. The van der Waals surface area contributed by atoms with Crippen LogP contribution in [0.4, 0.5) is 11.5 Å². The van der Waals surface area contributed by atoms with Crippen LogP contribution < -0.4 is 10.6 Å². The van der Waals surface area contributed by atoms with Crippen LogP contribution in [0.25, 0.3) is 10.9 Å². The largest absolute Gasteiger partial charge is 0.379 e. The summed E-state index contributed by atoms with van der Waals surface area (Å²) in [6, 6.07) is 14.7. The van der Waals surface area contributed by atoms with Crippen molar-refractivity contribution >= 4 is 68.8 Å². The fourth-order valence-corrected chi connectivity index (χ4v) is 4.29. The highest BCUT2D eigenvalue weighted by molar-refractivity contribution is 6.36. The Morgan fingerprint density at radius 1 is 0.781 bits per heavy atom. The lowest BCUT2D eigenvalue weighted by atomic mass is 10.1. The summed E-state index contributed by atoms with van der Waals surface area (Å²) in [6.45, 7) is 0.729. The molecule has 0 saturated heterocycles. The van der Waals surface area contributed by atoms with Crippen molar-refractivity contribution < 1.29 is 0 Å². The van der Waals surface area contributed by atoms with Gasteiger partial charge in [0, 0.05) is 55.9 Å². The number of pyridine rings is 2. The lowest BCUT2D eigenvalue weighted by molar-refractivity contribution is 1.11. The Bertz CT molecular complexity index is 1310. The second-order valence-electron chi connectivity index (χ2n) is 6.85. The number of nitrogens with zero attached hydrogens (tertiary/aromatic N) is 3. The van der Waals surface area contributed by atoms with Crippen LogP contribution in [0.2, 0.25) is 20.1 Å². The van der Waals surface area contributed by atoms with E-state index in [-0.39, 0.29) is 0 Å². The molecule has 4 rings (SSSR count). The van der Waals surface area contributed by atoms with Crippen LogP contribution in [0.1, 0.15) is 16.7 Å². The number of hydrogen-bond acceptors (Lipinski definition) is 5. The number of halogens is 4. The van der Waals surface area contributed by atoms with E-state index >= 15 is 0 Å². The Morgan fingerprint density at radius 3 is 1.91 bits per heavy atom. The van der Waals surface area contributed by atoms with Gasteiger partial charge in [-0.3, -0.25) is 4.98 Å². The predicted octanol–water partition coefficient (Wildman–Crippen LogP) is 7.34. The normalized spacial score (nSPS) is 10.7. The van der Waals surface area contributed by atoms with Crippen LogP contribution in [0.15, 0.2) is 54.9 Å². The Kier molecular flexibility index (Phi) is 6.88. The second-order valence-corrected chi connectivity index (χ2v) is 8.48. The molecule has 160 valence electrons. The van der Waals surface area contributed by atoms with Crippen LogP contribution in [0, 0.1) is 11.3 Å². The van der Waals surface area contributed by atoms with Crippen LogP contribution in [-0.2, 0) is 13.1 Å². The number of rotatable bonds is 6. The molecular weight excluding hydrogens is 488 g/mol. The van der Waals surface area contributed by atoms with E-state index in [0.29, 0.717) is 55.8 Å². The quantitative estimate of drug-likeness (QED) is 0.288. The van der Waals surface area contributed by atoms with E-state index in [0.717, 1.165) is 16.5 Å². The zero-order valence-electron chi connectivity index (χ0n) is 16.5. The Labute approximate surface area is 204 Å². The average molecular weight is 503 g/mol. The van der Waals surface area contributed by atoms with Crippen molar-refractivity contribution in [3.8, 4) is 6.07 Å². The summed E-state index contributed by atoms with van der Waals surface area (Å²) in [7, 11) is 0. The maximum absolute atomic E-state index is 9.62. The fourth-order valence-electron chi connectivity index (χ4n) is 3.23. The standard InChI is InChI=1S/C23H15Cl4N5/c24-17-3-1-4-18(25)15(17)10-30-22-7-14-21(12-31-22)29-9-13(8-28)23(14)32-11-16-19(26)5-2-6-20(16)27/h1-7,9,12H,10-11H2,(H,29,32)(H,30,31). The van der Waals surface area contributed by atoms with E-state index in [2.05, 4.69) is 26.7 Å². The van der Waals surface area contributed by atoms with Gasteiger partial charge >= 0.3 is 0 Å². The van der Waals surface area contributed by atoms with Gasteiger partial charge in [-0.2, -0.15) is 5.26 Å². The second kappa shape index (κ2) is 9.81. The number of anilines is 2. The molecule has 0 aliphatic rings. The van der Waals surface area contributed by atoms with Crippen LogP contribution in [-0.4, -0.2) is 9.97 Å². The summed E-state index contributed by atoms with van der Waals surface area (Å²) in [5, 5.41) is 19.1. The van der Waals surface area contributed by atoms with Gasteiger partial charge in [0.2, 0.25) is 0 Å². The summed E-state index contributed by atoms with van der Waals surface area (Å²) in [4.78, 5) is 8.75. The zero-order valence-corrected chi connectivity index (χ0v) is 19.5. The number of benzene rings is 2. The lowest BCUT2D eigenvalue weighted by Gasteiger charge is -2.14. The van der Waals surface area contributed by atoms with Gasteiger partial charge in [0.05, 0.1) is 23.0 Å². The van der Waals surface area contributed by atoms with Gasteiger partial charge in [0.1, 0.15) is 11.9 Å². The lowest BCUT2D eigenvalue weighted by Crippen LogP contribution is -2.06. The zero-order chi connectivity index (χ0) is 22.7. The van der Waals surface area contributed by atoms with Crippen LogP contribution in [0.3, 0.4) is 0 Å². The van der Waals surface area contributed by atoms with Gasteiger partial charge in [0.15, 0.2) is 0 Å². The topological polar surface area (TPSA) is 73.6 Å². The summed E-state index contributed by atoms with van der Waals surface area (Å²) < 4.78 is 0. The molecule has 2 aromatic heterocycles. The number of fused-ring (bicyclic) bond motifs is 1. The van der Waals surface area contributed by atoms with E-state index in [9.17, 15) is 5.26 Å². The van der Waals surface area contributed by atoms with Gasteiger partial charge in [0.25, 0.3) is 0 Å². The molecule has 9 heteroatoms. The molecular formula is C23H15Cl4N5. The first-order chi connectivity index (χ1) is 15.5. The fraction of sp³-hybridized carbons (Fsp3) is 0.0870.